The molecule has 0 aliphatic heterocycles. The molecule has 3 nitrogen and oxygen atoms in total. The van der Waals surface area contributed by atoms with Crippen LogP contribution in [0.25, 0.3) is 0 Å². The molecule has 0 saturated carbocycles. The molecule has 1 heterocycles. The van der Waals surface area contributed by atoms with Gasteiger partial charge in [0.15, 0.2) is 5.82 Å². The van der Waals surface area contributed by atoms with E-state index in [1.165, 1.54) is 6.20 Å². The smallest absolute Gasteiger partial charge is 0.164 e. The molecule has 0 aromatic carbocycles. The van der Waals surface area contributed by atoms with Crippen molar-refractivity contribution < 1.29 is 4.39 Å². The van der Waals surface area contributed by atoms with E-state index >= 15 is 0 Å². The Morgan fingerprint density at radius 1 is 1.50 bits per heavy atom. The Hall–Kier alpha value is -1.16. The molecule has 0 radical (unpaired) electrons. The molecule has 12 heavy (non-hydrogen) atoms. The molecule has 0 aliphatic carbocycles. The average Bonchev–Trinajstić information content (AvgIpc) is 2.09. The predicted molar refractivity (Wildman–Crippen MR) is 46.6 cm³/mol. The van der Waals surface area contributed by atoms with Crippen molar-refractivity contribution in [3.63, 3.8) is 0 Å². The predicted octanol–water partition coefficient (Wildman–Crippen LogP) is 0.852. The highest BCUT2D eigenvalue weighted by molar-refractivity contribution is 5.42. The summed E-state index contributed by atoms with van der Waals surface area (Å²) in [5.74, 6) is -0.311. The molecule has 4 heteroatoms. The van der Waals surface area contributed by atoms with E-state index < -0.39 is 0 Å². The fourth-order valence-corrected chi connectivity index (χ4v) is 0.841. The molecule has 66 valence electrons. The van der Waals surface area contributed by atoms with E-state index in [2.05, 4.69) is 15.6 Å². The third-order valence-corrected chi connectivity index (χ3v) is 1.46. The van der Waals surface area contributed by atoms with E-state index in [4.69, 9.17) is 0 Å². The van der Waals surface area contributed by atoms with Gasteiger partial charge in [0, 0.05) is 19.3 Å². The number of rotatable bonds is 4. The average molecular weight is 169 g/mol. The fraction of sp³-hybridized carbons (Fsp3) is 0.375. The van der Waals surface area contributed by atoms with Crippen LogP contribution in [-0.4, -0.2) is 25.1 Å². The number of halogens is 1. The van der Waals surface area contributed by atoms with Crippen molar-refractivity contribution in [2.45, 2.75) is 0 Å². The summed E-state index contributed by atoms with van der Waals surface area (Å²) in [5, 5.41) is 5.89. The zero-order chi connectivity index (χ0) is 8.81. The van der Waals surface area contributed by atoms with Crippen molar-refractivity contribution in [3.8, 4) is 0 Å². The van der Waals surface area contributed by atoms with Gasteiger partial charge in [-0.3, -0.25) is 4.98 Å². The van der Waals surface area contributed by atoms with E-state index in [-0.39, 0.29) is 5.82 Å². The first-order valence-corrected chi connectivity index (χ1v) is 3.82. The molecule has 0 amide bonds. The Morgan fingerprint density at radius 3 is 3.00 bits per heavy atom. The summed E-state index contributed by atoms with van der Waals surface area (Å²) in [5.41, 5.74) is 0.500. The fourth-order valence-electron chi connectivity index (χ4n) is 0.841. The van der Waals surface area contributed by atoms with Crippen molar-refractivity contribution in [3.05, 3.63) is 24.3 Å². The summed E-state index contributed by atoms with van der Waals surface area (Å²) in [6, 6.07) is 1.62. The second kappa shape index (κ2) is 4.66. The van der Waals surface area contributed by atoms with Gasteiger partial charge in [0.2, 0.25) is 0 Å². The van der Waals surface area contributed by atoms with Crippen molar-refractivity contribution >= 4 is 5.69 Å². The van der Waals surface area contributed by atoms with Crippen LogP contribution in [-0.2, 0) is 0 Å². The number of nitrogens with zero attached hydrogens (tertiary/aromatic N) is 1. The van der Waals surface area contributed by atoms with Crippen LogP contribution in [0.2, 0.25) is 0 Å². The van der Waals surface area contributed by atoms with Crippen LogP contribution in [0.5, 0.6) is 0 Å². The molecule has 1 rings (SSSR count). The number of likely N-dealkylation sites (N-methyl/N-ethyl adjacent to an activating group) is 1. The monoisotopic (exact) mass is 169 g/mol. The summed E-state index contributed by atoms with van der Waals surface area (Å²) < 4.78 is 12.9. The molecule has 0 fully saturated rings. The maximum absolute atomic E-state index is 12.9. The molecule has 0 saturated heterocycles. The number of hydrogen-bond acceptors (Lipinski definition) is 3. The van der Waals surface area contributed by atoms with Gasteiger partial charge in [-0.1, -0.05) is 0 Å². The summed E-state index contributed by atoms with van der Waals surface area (Å²) in [7, 11) is 1.85. The lowest BCUT2D eigenvalue weighted by atomic mass is 10.4. The van der Waals surface area contributed by atoms with Crippen molar-refractivity contribution in [1.29, 1.82) is 0 Å². The largest absolute Gasteiger partial charge is 0.381 e. The summed E-state index contributed by atoms with van der Waals surface area (Å²) >= 11 is 0. The highest BCUT2D eigenvalue weighted by Crippen LogP contribution is 2.09. The van der Waals surface area contributed by atoms with Crippen LogP contribution in [0.1, 0.15) is 0 Å². The Kier molecular flexibility index (Phi) is 3.47. The summed E-state index contributed by atoms with van der Waals surface area (Å²) in [6.45, 7) is 1.51. The molecular weight excluding hydrogens is 157 g/mol. The maximum atomic E-state index is 12.9. The lowest BCUT2D eigenvalue weighted by Crippen LogP contribution is -2.18. The summed E-state index contributed by atoms with van der Waals surface area (Å²) in [6.07, 6.45) is 2.76. The first-order chi connectivity index (χ1) is 5.84. The van der Waals surface area contributed by atoms with Crippen molar-refractivity contribution in [2.24, 2.45) is 0 Å². The molecule has 0 unspecified atom stereocenters. The van der Waals surface area contributed by atoms with Crippen molar-refractivity contribution in [2.75, 3.05) is 25.5 Å². The summed E-state index contributed by atoms with van der Waals surface area (Å²) in [4.78, 5) is 3.64. The topological polar surface area (TPSA) is 37.0 Å². The van der Waals surface area contributed by atoms with E-state index in [1.54, 1.807) is 12.3 Å². The number of aromatic nitrogens is 1. The van der Waals surface area contributed by atoms with Crippen LogP contribution in [0.3, 0.4) is 0 Å². The molecule has 1 aromatic rings. The van der Waals surface area contributed by atoms with Gasteiger partial charge in [-0.25, -0.2) is 4.39 Å². The lowest BCUT2D eigenvalue weighted by Gasteiger charge is -2.05. The lowest BCUT2D eigenvalue weighted by molar-refractivity contribution is 0.623. The number of hydrogen-bond donors (Lipinski definition) is 2. The van der Waals surface area contributed by atoms with Crippen molar-refractivity contribution in [1.82, 2.24) is 10.3 Å². The SMILES string of the molecule is CNCCNc1ccncc1F. The first kappa shape index (κ1) is 8.93. The Labute approximate surface area is 71.0 Å². The van der Waals surface area contributed by atoms with Gasteiger partial charge >= 0.3 is 0 Å². The standard InChI is InChI=1S/C8H12FN3/c1-10-4-5-12-8-2-3-11-6-7(8)9/h2-3,6,10H,4-5H2,1H3,(H,11,12). The zero-order valence-corrected chi connectivity index (χ0v) is 6.97. The van der Waals surface area contributed by atoms with Crippen LogP contribution in [0, 0.1) is 5.82 Å². The molecule has 0 atom stereocenters. The number of pyridine rings is 1. The van der Waals surface area contributed by atoms with Crippen LogP contribution in [0.4, 0.5) is 10.1 Å². The third-order valence-electron chi connectivity index (χ3n) is 1.46. The van der Waals surface area contributed by atoms with Gasteiger partial charge < -0.3 is 10.6 Å². The Morgan fingerprint density at radius 2 is 2.33 bits per heavy atom. The van der Waals surface area contributed by atoms with Gasteiger partial charge in [0.1, 0.15) is 0 Å². The van der Waals surface area contributed by atoms with Gasteiger partial charge in [-0.05, 0) is 13.1 Å². The molecule has 0 aliphatic rings. The van der Waals surface area contributed by atoms with Gasteiger partial charge in [-0.15, -0.1) is 0 Å². The molecule has 1 aromatic heterocycles. The number of nitrogens with one attached hydrogen (secondary N) is 2. The Balaban J connectivity index is 2.46. The third kappa shape index (κ3) is 2.47. The normalized spacial score (nSPS) is 9.83. The van der Waals surface area contributed by atoms with Crippen LogP contribution in [0.15, 0.2) is 18.5 Å². The van der Waals surface area contributed by atoms with E-state index in [0.29, 0.717) is 12.2 Å². The van der Waals surface area contributed by atoms with Crippen LogP contribution < -0.4 is 10.6 Å². The minimum absolute atomic E-state index is 0.311. The van der Waals surface area contributed by atoms with E-state index in [9.17, 15) is 4.39 Å². The maximum Gasteiger partial charge on any atom is 0.164 e. The van der Waals surface area contributed by atoms with Gasteiger partial charge in [-0.2, -0.15) is 0 Å². The number of anilines is 1. The zero-order valence-electron chi connectivity index (χ0n) is 6.97. The highest BCUT2D eigenvalue weighted by Gasteiger charge is 1.97. The quantitative estimate of drug-likeness (QED) is 0.656. The highest BCUT2D eigenvalue weighted by atomic mass is 19.1. The Bertz CT molecular complexity index is 239. The van der Waals surface area contributed by atoms with E-state index in [1.807, 2.05) is 7.05 Å². The minimum Gasteiger partial charge on any atom is -0.381 e. The molecule has 0 bridgehead atoms. The second-order valence-corrected chi connectivity index (χ2v) is 2.39. The first-order valence-electron chi connectivity index (χ1n) is 3.82. The van der Waals surface area contributed by atoms with Gasteiger partial charge in [0.05, 0.1) is 11.9 Å². The molecule has 2 N–H and O–H groups in total. The molecule has 0 spiro atoms. The molecular formula is C8H12FN3. The minimum atomic E-state index is -0.311. The van der Waals surface area contributed by atoms with E-state index in [0.717, 1.165) is 6.54 Å². The van der Waals surface area contributed by atoms with Crippen LogP contribution >= 0.6 is 0 Å². The second-order valence-electron chi connectivity index (χ2n) is 2.39. The van der Waals surface area contributed by atoms with Gasteiger partial charge in [0.25, 0.3) is 0 Å².